The van der Waals surface area contributed by atoms with Gasteiger partial charge in [0.05, 0.1) is 5.56 Å². The average Bonchev–Trinajstić information content (AvgIpc) is 2.81. The molecule has 0 spiro atoms. The minimum Gasteiger partial charge on any atom is -0.389 e. The third-order valence-electron chi connectivity index (χ3n) is 2.44. The van der Waals surface area contributed by atoms with Crippen molar-refractivity contribution in [1.29, 1.82) is 0 Å². The number of hydrogen-bond acceptors (Lipinski definition) is 6. The van der Waals surface area contributed by atoms with Crippen LogP contribution in [0.5, 0.6) is 0 Å². The van der Waals surface area contributed by atoms with Gasteiger partial charge < -0.3 is 15.6 Å². The van der Waals surface area contributed by atoms with Crippen molar-refractivity contribution in [1.82, 2.24) is 15.1 Å². The molecule has 0 saturated carbocycles. The van der Waals surface area contributed by atoms with Crippen LogP contribution in [0, 0.1) is 6.92 Å². The highest BCUT2D eigenvalue weighted by molar-refractivity contribution is 7.80. The molecule has 0 fully saturated rings. The average molecular weight is 263 g/mol. The molecule has 0 aliphatic carbocycles. The van der Waals surface area contributed by atoms with Crippen molar-refractivity contribution in [2.24, 2.45) is 5.73 Å². The van der Waals surface area contributed by atoms with E-state index >= 15 is 0 Å². The summed E-state index contributed by atoms with van der Waals surface area (Å²) in [4.78, 5) is 8.50. The molecule has 2 rings (SSSR count). The predicted molar refractivity (Wildman–Crippen MR) is 71.4 cm³/mol. The zero-order valence-electron chi connectivity index (χ0n) is 9.88. The number of aromatic nitrogens is 3. The molecular formula is C11H13N5OS. The van der Waals surface area contributed by atoms with Gasteiger partial charge in [-0.3, -0.25) is 0 Å². The number of nitrogens with two attached hydrogens (primary N) is 1. The number of aryl methyl sites for hydroxylation is 1. The summed E-state index contributed by atoms with van der Waals surface area (Å²) in [6.45, 7) is 2.56. The maximum absolute atomic E-state index is 5.69. The molecule has 0 radical (unpaired) electrons. The second-order valence-electron chi connectivity index (χ2n) is 3.73. The highest BCUT2D eigenvalue weighted by Crippen LogP contribution is 2.16. The van der Waals surface area contributed by atoms with Crippen LogP contribution in [0.25, 0.3) is 0 Å². The first-order valence-electron chi connectivity index (χ1n) is 5.43. The minimum absolute atomic E-state index is 0.334. The number of thiocarbonyl (C=S) groups is 1. The number of nitrogens with one attached hydrogen (secondary N) is 1. The first-order valence-corrected chi connectivity index (χ1v) is 5.84. The van der Waals surface area contributed by atoms with Crippen molar-refractivity contribution >= 4 is 23.0 Å². The van der Waals surface area contributed by atoms with Crippen molar-refractivity contribution in [3.63, 3.8) is 0 Å². The Balaban J connectivity index is 2.05. The van der Waals surface area contributed by atoms with E-state index in [1.807, 2.05) is 13.0 Å². The Morgan fingerprint density at radius 3 is 3.00 bits per heavy atom. The lowest BCUT2D eigenvalue weighted by Crippen LogP contribution is -2.17. The molecule has 2 aromatic rings. The summed E-state index contributed by atoms with van der Waals surface area (Å²) < 4.78 is 4.90. The Morgan fingerprint density at radius 2 is 2.33 bits per heavy atom. The summed E-state index contributed by atoms with van der Waals surface area (Å²) in [6, 6.07) is 1.87. The van der Waals surface area contributed by atoms with Crippen molar-refractivity contribution in [3.05, 3.63) is 35.6 Å². The minimum atomic E-state index is 0.334. The van der Waals surface area contributed by atoms with Gasteiger partial charge in [-0.15, -0.1) is 0 Å². The molecule has 0 amide bonds. The lowest BCUT2D eigenvalue weighted by Gasteiger charge is -2.11. The van der Waals surface area contributed by atoms with Crippen LogP contribution in [0.3, 0.4) is 0 Å². The van der Waals surface area contributed by atoms with Crippen LogP contribution < -0.4 is 11.1 Å². The summed E-state index contributed by atoms with van der Waals surface area (Å²) in [5.41, 5.74) is 7.47. The summed E-state index contributed by atoms with van der Waals surface area (Å²) in [5, 5.41) is 6.70. The van der Waals surface area contributed by atoms with E-state index in [0.29, 0.717) is 29.7 Å². The van der Waals surface area contributed by atoms with Crippen LogP contribution in [0.1, 0.15) is 17.0 Å². The molecule has 94 valence electrons. The van der Waals surface area contributed by atoms with Crippen LogP contribution in [-0.4, -0.2) is 26.7 Å². The number of hydrogen-bond donors (Lipinski definition) is 2. The molecule has 2 heterocycles. The maximum Gasteiger partial charge on any atom is 0.228 e. The Kier molecular flexibility index (Phi) is 3.83. The molecule has 6 nitrogen and oxygen atoms in total. The molecular weight excluding hydrogens is 250 g/mol. The highest BCUT2D eigenvalue weighted by atomic mass is 32.1. The first kappa shape index (κ1) is 12.4. The Morgan fingerprint density at radius 1 is 1.50 bits per heavy atom. The first-order chi connectivity index (χ1) is 8.68. The van der Waals surface area contributed by atoms with Crippen LogP contribution in [0.2, 0.25) is 0 Å². The predicted octanol–water partition coefficient (Wildman–Crippen LogP) is 1.06. The molecule has 0 bridgehead atoms. The smallest absolute Gasteiger partial charge is 0.228 e. The van der Waals surface area contributed by atoms with Gasteiger partial charge in [0.15, 0.2) is 6.33 Å². The molecule has 7 heteroatoms. The summed E-state index contributed by atoms with van der Waals surface area (Å²) in [5.74, 6) is 1.26. The van der Waals surface area contributed by atoms with E-state index in [2.05, 4.69) is 20.4 Å². The Hall–Kier alpha value is -2.02. The topological polar surface area (TPSA) is 89.9 Å². The zero-order valence-corrected chi connectivity index (χ0v) is 10.7. The summed E-state index contributed by atoms with van der Waals surface area (Å²) in [6.07, 6.45) is 3.71. The van der Waals surface area contributed by atoms with E-state index in [1.165, 1.54) is 6.33 Å². The zero-order chi connectivity index (χ0) is 13.0. The van der Waals surface area contributed by atoms with Crippen molar-refractivity contribution in [2.75, 3.05) is 11.9 Å². The van der Waals surface area contributed by atoms with Gasteiger partial charge in [-0.1, -0.05) is 17.4 Å². The van der Waals surface area contributed by atoms with Crippen molar-refractivity contribution in [2.45, 2.75) is 13.3 Å². The van der Waals surface area contributed by atoms with Gasteiger partial charge >= 0.3 is 0 Å². The van der Waals surface area contributed by atoms with Crippen LogP contribution >= 0.6 is 12.2 Å². The van der Waals surface area contributed by atoms with E-state index in [0.717, 1.165) is 11.1 Å². The SMILES string of the molecule is Cc1ccnc(NCCc2ncno2)c1C(N)=S. The molecule has 0 atom stereocenters. The quantitative estimate of drug-likeness (QED) is 0.779. The fraction of sp³-hybridized carbons (Fsp3) is 0.273. The standard InChI is InChI=1S/C11H13N5OS/c1-7-2-4-13-11(9(7)10(12)18)14-5-3-8-15-6-16-17-8/h2,4,6H,3,5H2,1H3,(H2,12,18)(H,13,14). The summed E-state index contributed by atoms with van der Waals surface area (Å²) >= 11 is 5.02. The van der Waals surface area contributed by atoms with E-state index in [1.54, 1.807) is 6.20 Å². The number of pyridine rings is 1. The van der Waals surface area contributed by atoms with Crippen LogP contribution in [0.15, 0.2) is 23.1 Å². The second kappa shape index (κ2) is 5.54. The molecule has 0 aliphatic rings. The largest absolute Gasteiger partial charge is 0.389 e. The number of anilines is 1. The molecule has 3 N–H and O–H groups in total. The molecule has 18 heavy (non-hydrogen) atoms. The van der Waals surface area contributed by atoms with Crippen molar-refractivity contribution < 1.29 is 4.52 Å². The molecule has 0 aliphatic heterocycles. The van der Waals surface area contributed by atoms with E-state index in [9.17, 15) is 0 Å². The van der Waals surface area contributed by atoms with E-state index in [-0.39, 0.29) is 0 Å². The fourth-order valence-electron chi connectivity index (χ4n) is 1.60. The number of nitrogens with zero attached hydrogens (tertiary/aromatic N) is 3. The van der Waals surface area contributed by atoms with Gasteiger partial charge in [-0.25, -0.2) is 4.98 Å². The van der Waals surface area contributed by atoms with Crippen LogP contribution in [0.4, 0.5) is 5.82 Å². The molecule has 0 unspecified atom stereocenters. The van der Waals surface area contributed by atoms with Gasteiger partial charge in [0.2, 0.25) is 5.89 Å². The van der Waals surface area contributed by atoms with E-state index < -0.39 is 0 Å². The normalized spacial score (nSPS) is 10.3. The fourth-order valence-corrected chi connectivity index (χ4v) is 1.85. The highest BCUT2D eigenvalue weighted by Gasteiger charge is 2.09. The van der Waals surface area contributed by atoms with Gasteiger partial charge in [0, 0.05) is 19.2 Å². The van der Waals surface area contributed by atoms with E-state index in [4.69, 9.17) is 22.5 Å². The van der Waals surface area contributed by atoms with Gasteiger partial charge in [0.25, 0.3) is 0 Å². The molecule has 0 saturated heterocycles. The van der Waals surface area contributed by atoms with Gasteiger partial charge in [-0.2, -0.15) is 4.98 Å². The van der Waals surface area contributed by atoms with Gasteiger partial charge in [0.1, 0.15) is 10.8 Å². The lowest BCUT2D eigenvalue weighted by molar-refractivity contribution is 0.379. The Bertz CT molecular complexity index is 540. The second-order valence-corrected chi connectivity index (χ2v) is 4.17. The maximum atomic E-state index is 5.69. The Labute approximate surface area is 110 Å². The monoisotopic (exact) mass is 263 g/mol. The lowest BCUT2D eigenvalue weighted by atomic mass is 10.1. The van der Waals surface area contributed by atoms with Gasteiger partial charge in [-0.05, 0) is 18.6 Å². The third-order valence-corrected chi connectivity index (χ3v) is 2.65. The molecule has 0 aromatic carbocycles. The third kappa shape index (κ3) is 2.80. The van der Waals surface area contributed by atoms with Crippen LogP contribution in [-0.2, 0) is 6.42 Å². The van der Waals surface area contributed by atoms with Crippen molar-refractivity contribution in [3.8, 4) is 0 Å². The summed E-state index contributed by atoms with van der Waals surface area (Å²) in [7, 11) is 0. The number of rotatable bonds is 5. The molecule has 2 aromatic heterocycles.